The van der Waals surface area contributed by atoms with Crippen LogP contribution in [0.4, 0.5) is 26.1 Å². The lowest BCUT2D eigenvalue weighted by Crippen LogP contribution is -2.49. The molecule has 2 unspecified atom stereocenters. The molecule has 4 saturated heterocycles. The first-order valence-corrected chi connectivity index (χ1v) is 20.6. The molecule has 0 spiro atoms. The van der Waals surface area contributed by atoms with E-state index in [9.17, 15) is 27.4 Å². The summed E-state index contributed by atoms with van der Waals surface area (Å²) in [5.41, 5.74) is 2.03. The van der Waals surface area contributed by atoms with Crippen molar-refractivity contribution in [2.75, 3.05) is 74.0 Å². The zero-order valence-corrected chi connectivity index (χ0v) is 32.0. The van der Waals surface area contributed by atoms with Gasteiger partial charge in [0, 0.05) is 94.3 Å². The molecule has 3 N–H and O–H groups in total. The van der Waals surface area contributed by atoms with Crippen molar-refractivity contribution >= 4 is 51.2 Å². The summed E-state index contributed by atoms with van der Waals surface area (Å²) in [7, 11) is -1.28. The molecule has 2 amide bonds. The molecule has 0 bridgehead atoms. The molecule has 0 aliphatic carbocycles. The summed E-state index contributed by atoms with van der Waals surface area (Å²) in [6.45, 7) is 8.32. The van der Waals surface area contributed by atoms with E-state index < -0.39 is 28.5 Å². The normalized spacial score (nSPS) is 21.4. The van der Waals surface area contributed by atoms with Crippen LogP contribution in [0.3, 0.4) is 0 Å². The van der Waals surface area contributed by atoms with Crippen molar-refractivity contribution in [3.63, 3.8) is 0 Å². The second kappa shape index (κ2) is 16.7. The summed E-state index contributed by atoms with van der Waals surface area (Å²) in [6.07, 6.45) is 3.24. The quantitative estimate of drug-likeness (QED) is 0.198. The molecular formula is C40H47F2N9O4S. The van der Waals surface area contributed by atoms with Gasteiger partial charge in [-0.2, -0.15) is 4.98 Å². The zero-order valence-electron chi connectivity index (χ0n) is 31.2. The molecule has 4 aliphatic heterocycles. The van der Waals surface area contributed by atoms with E-state index in [4.69, 9.17) is 0 Å². The number of carbonyl (C=O) groups excluding carboxylic acids is 2. The maximum absolute atomic E-state index is 13.5. The predicted octanol–water partition coefficient (Wildman–Crippen LogP) is 4.41. The number of carbonyl (C=O) groups is 2. The molecule has 4 fully saturated rings. The Morgan fingerprint density at radius 1 is 0.821 bits per heavy atom. The van der Waals surface area contributed by atoms with E-state index in [0.717, 1.165) is 93.7 Å². The number of piperazine rings is 1. The predicted molar refractivity (Wildman–Crippen MR) is 211 cm³/mol. The fraction of sp³-hybridized carbons (Fsp3) is 0.475. The molecule has 0 saturated carbocycles. The second-order valence-electron chi connectivity index (χ2n) is 15.3. The van der Waals surface area contributed by atoms with Gasteiger partial charge in [0.25, 0.3) is 12.0 Å². The number of piperidine rings is 3. The van der Waals surface area contributed by atoms with Crippen molar-refractivity contribution in [2.24, 2.45) is 5.92 Å². The van der Waals surface area contributed by atoms with E-state index in [1.165, 1.54) is 11.9 Å². The Hall–Kier alpha value is -4.80. The average molecular weight is 788 g/mol. The van der Waals surface area contributed by atoms with Crippen molar-refractivity contribution in [1.29, 1.82) is 0 Å². The standard InChI is InChI=1S/C40H47F2N9O4S/c41-36(42)34-23-28-24-43-40(47-37(28)46-39(34)54)44-29-13-17-51(18-14-29)56(55)32-7-5-31(6-8-32)50-21-19-48(20-22-50)25-26-11-15-49(16-12-26)30-3-1-27(2-4-30)33-9-10-35(52)45-38(33)53/h1-8,23-24,26,29,33,36H,9-22,25H2,(H,45,52,53)(H2,43,44,46,47,54). The van der Waals surface area contributed by atoms with Crippen LogP contribution in [0.1, 0.15) is 62.0 Å². The summed E-state index contributed by atoms with van der Waals surface area (Å²) in [5, 5.41) is 6.07. The van der Waals surface area contributed by atoms with Crippen molar-refractivity contribution in [3.05, 3.63) is 82.3 Å². The molecule has 16 heteroatoms. The monoisotopic (exact) mass is 787 g/mol. The minimum absolute atomic E-state index is 0.0414. The van der Waals surface area contributed by atoms with E-state index in [1.54, 1.807) is 0 Å². The highest BCUT2D eigenvalue weighted by molar-refractivity contribution is 7.82. The smallest absolute Gasteiger partial charge is 0.269 e. The van der Waals surface area contributed by atoms with Crippen LogP contribution < -0.4 is 26.0 Å². The highest BCUT2D eigenvalue weighted by Crippen LogP contribution is 2.30. The molecule has 296 valence electrons. The van der Waals surface area contributed by atoms with Gasteiger partial charge in [0.1, 0.15) is 16.6 Å². The van der Waals surface area contributed by atoms with Gasteiger partial charge in [-0.1, -0.05) is 12.1 Å². The molecule has 13 nitrogen and oxygen atoms in total. The summed E-state index contributed by atoms with van der Waals surface area (Å²) in [6, 6.07) is 17.6. The first-order chi connectivity index (χ1) is 27.2. The second-order valence-corrected chi connectivity index (χ2v) is 16.7. The topological polar surface area (TPSA) is 147 Å². The molecule has 0 radical (unpaired) electrons. The summed E-state index contributed by atoms with van der Waals surface area (Å²) in [5.74, 6) is 0.343. The number of nitrogens with zero attached hydrogens (tertiary/aromatic N) is 6. The highest BCUT2D eigenvalue weighted by atomic mass is 32.2. The van der Waals surface area contributed by atoms with Gasteiger partial charge >= 0.3 is 0 Å². The van der Waals surface area contributed by atoms with Gasteiger partial charge in [0.15, 0.2) is 0 Å². The van der Waals surface area contributed by atoms with Crippen LogP contribution >= 0.6 is 0 Å². The lowest BCUT2D eigenvalue weighted by atomic mass is 9.90. The molecular weight excluding hydrogens is 741 g/mol. The number of alkyl halides is 2. The Labute approximate surface area is 326 Å². The number of anilines is 3. The number of imide groups is 1. The van der Waals surface area contributed by atoms with Crippen LogP contribution in [0, 0.1) is 5.92 Å². The van der Waals surface area contributed by atoms with Crippen LogP contribution in [-0.2, 0) is 20.6 Å². The van der Waals surface area contributed by atoms with E-state index in [2.05, 4.69) is 64.6 Å². The summed E-state index contributed by atoms with van der Waals surface area (Å²) >= 11 is 0. The lowest BCUT2D eigenvalue weighted by Gasteiger charge is -2.40. The molecule has 4 aromatic rings. The maximum Gasteiger partial charge on any atom is 0.269 e. The average Bonchev–Trinajstić information content (AvgIpc) is 3.21. The number of hydrogen-bond donors (Lipinski definition) is 3. The van der Waals surface area contributed by atoms with Crippen LogP contribution in [0.2, 0.25) is 0 Å². The first-order valence-electron chi connectivity index (χ1n) is 19.5. The number of aromatic nitrogens is 3. The molecule has 56 heavy (non-hydrogen) atoms. The third-order valence-electron chi connectivity index (χ3n) is 11.7. The molecule has 8 rings (SSSR count). The molecule has 2 aromatic carbocycles. The van der Waals surface area contributed by atoms with Crippen molar-refractivity contribution < 1.29 is 22.6 Å². The number of benzene rings is 2. The molecule has 6 heterocycles. The minimum Gasteiger partial charge on any atom is -0.372 e. The third-order valence-corrected chi connectivity index (χ3v) is 13.2. The zero-order chi connectivity index (χ0) is 38.8. The van der Waals surface area contributed by atoms with Crippen molar-refractivity contribution in [2.45, 2.75) is 61.8 Å². The minimum atomic E-state index is -2.88. The van der Waals surface area contributed by atoms with Gasteiger partial charge in [-0.25, -0.2) is 22.3 Å². The van der Waals surface area contributed by atoms with Gasteiger partial charge in [0.05, 0.1) is 16.4 Å². The number of pyridine rings is 1. The molecule has 2 aromatic heterocycles. The molecule has 2 atom stereocenters. The van der Waals surface area contributed by atoms with Crippen molar-refractivity contribution in [1.82, 2.24) is 29.5 Å². The van der Waals surface area contributed by atoms with Crippen LogP contribution in [0.15, 0.2) is 70.5 Å². The number of aromatic amines is 1. The van der Waals surface area contributed by atoms with Crippen LogP contribution in [-0.4, -0.2) is 105 Å². The van der Waals surface area contributed by atoms with Crippen molar-refractivity contribution in [3.8, 4) is 0 Å². The Bertz CT molecular complexity index is 2110. The number of nitrogens with one attached hydrogen (secondary N) is 3. The third kappa shape index (κ3) is 8.61. The van der Waals surface area contributed by atoms with Gasteiger partial charge in [0.2, 0.25) is 17.8 Å². The van der Waals surface area contributed by atoms with E-state index in [0.29, 0.717) is 43.2 Å². The largest absolute Gasteiger partial charge is 0.372 e. The number of halogens is 2. The Balaban J connectivity index is 0.752. The fourth-order valence-electron chi connectivity index (χ4n) is 8.37. The Kier molecular flexibility index (Phi) is 11.4. The number of rotatable bonds is 10. The first kappa shape index (κ1) is 38.1. The van der Waals surface area contributed by atoms with Gasteiger partial charge < -0.3 is 20.1 Å². The van der Waals surface area contributed by atoms with Crippen LogP contribution in [0.5, 0.6) is 0 Å². The number of hydrogen-bond acceptors (Lipinski definition) is 10. The van der Waals surface area contributed by atoms with E-state index >= 15 is 0 Å². The number of fused-ring (bicyclic) bond motifs is 1. The Morgan fingerprint density at radius 3 is 2.14 bits per heavy atom. The van der Waals surface area contributed by atoms with Crippen LogP contribution in [0.25, 0.3) is 11.0 Å². The van der Waals surface area contributed by atoms with E-state index in [-0.39, 0.29) is 29.4 Å². The highest BCUT2D eigenvalue weighted by Gasteiger charge is 2.29. The lowest BCUT2D eigenvalue weighted by molar-refractivity contribution is -0.134. The van der Waals surface area contributed by atoms with E-state index in [1.807, 2.05) is 28.6 Å². The summed E-state index contributed by atoms with van der Waals surface area (Å²) in [4.78, 5) is 55.0. The SMILES string of the molecule is O=C1CCC(c2ccc(N3CCC(CN4CCN(c5ccc(S(=O)N6CCC(Nc7ncc8cc(C(F)F)c(=O)[nH]c8n7)CC6)cc5)CC4)CC3)cc2)C(=O)N1. The fourth-order valence-corrected chi connectivity index (χ4v) is 9.58. The Morgan fingerprint density at radius 2 is 1.48 bits per heavy atom. The number of H-pyrrole nitrogens is 1. The molecule has 4 aliphatic rings. The van der Waals surface area contributed by atoms with Gasteiger partial charge in [-0.15, -0.1) is 0 Å². The van der Waals surface area contributed by atoms with Gasteiger partial charge in [-0.05, 0) is 86.1 Å². The summed E-state index contributed by atoms with van der Waals surface area (Å²) < 4.78 is 41.6. The maximum atomic E-state index is 13.5. The van der Waals surface area contributed by atoms with Gasteiger partial charge in [-0.3, -0.25) is 24.6 Å². The number of amides is 2.